The Bertz CT molecular complexity index is 325. The normalized spacial score (nSPS) is 31.0. The number of piperidine rings is 1. The van der Waals surface area contributed by atoms with E-state index in [-0.39, 0.29) is 36.2 Å². The van der Waals surface area contributed by atoms with Gasteiger partial charge >= 0.3 is 0 Å². The molecule has 19 heavy (non-hydrogen) atoms. The number of halogens is 1. The fourth-order valence-electron chi connectivity index (χ4n) is 2.99. The average molecular weight is 290 g/mol. The number of carbonyl (C=O) groups is 2. The highest BCUT2D eigenvalue weighted by atomic mass is 35.5. The van der Waals surface area contributed by atoms with E-state index in [0.717, 1.165) is 25.7 Å². The minimum atomic E-state index is -0.154. The van der Waals surface area contributed by atoms with Crippen molar-refractivity contribution in [3.63, 3.8) is 0 Å². The van der Waals surface area contributed by atoms with Crippen molar-refractivity contribution in [1.82, 2.24) is 10.6 Å². The highest BCUT2D eigenvalue weighted by molar-refractivity contribution is 5.87. The van der Waals surface area contributed by atoms with E-state index in [1.807, 2.05) is 0 Å². The van der Waals surface area contributed by atoms with Gasteiger partial charge in [-0.3, -0.25) is 9.59 Å². The maximum absolute atomic E-state index is 12.1. The standard InChI is InChI=1S/C13H23N3O2.ClH/c14-8-10-3-1-2-4-11(10)16-13(18)9-5-6-15-12(17)7-9;/h9-11H,1-8,14H2,(H,15,17)(H,16,18);1H. The van der Waals surface area contributed by atoms with Gasteiger partial charge in [0.05, 0.1) is 0 Å². The van der Waals surface area contributed by atoms with Crippen LogP contribution in [0.5, 0.6) is 0 Å². The predicted octanol–water partition coefficient (Wildman–Crippen LogP) is 0.568. The van der Waals surface area contributed by atoms with E-state index in [1.54, 1.807) is 0 Å². The van der Waals surface area contributed by atoms with Crippen molar-refractivity contribution >= 4 is 24.2 Å². The third-order valence-electron chi connectivity index (χ3n) is 4.16. The van der Waals surface area contributed by atoms with Gasteiger partial charge in [-0.15, -0.1) is 12.4 Å². The van der Waals surface area contributed by atoms with Gasteiger partial charge in [0.1, 0.15) is 0 Å². The van der Waals surface area contributed by atoms with Crippen molar-refractivity contribution in [3.8, 4) is 0 Å². The number of nitrogens with one attached hydrogen (secondary N) is 2. The fraction of sp³-hybridized carbons (Fsp3) is 0.846. The molecule has 1 saturated carbocycles. The first-order valence-corrected chi connectivity index (χ1v) is 6.98. The average Bonchev–Trinajstić information content (AvgIpc) is 2.39. The van der Waals surface area contributed by atoms with Gasteiger partial charge in [0.25, 0.3) is 0 Å². The molecule has 0 radical (unpaired) electrons. The molecule has 110 valence electrons. The third kappa shape index (κ3) is 4.35. The molecule has 2 aliphatic rings. The second-order valence-electron chi connectivity index (χ2n) is 5.43. The van der Waals surface area contributed by atoms with Crippen LogP contribution in [0.4, 0.5) is 0 Å². The minimum Gasteiger partial charge on any atom is -0.356 e. The molecule has 0 spiro atoms. The van der Waals surface area contributed by atoms with Gasteiger partial charge < -0.3 is 16.4 Å². The molecule has 1 heterocycles. The molecule has 0 aromatic heterocycles. The zero-order valence-corrected chi connectivity index (χ0v) is 12.0. The summed E-state index contributed by atoms with van der Waals surface area (Å²) < 4.78 is 0. The van der Waals surface area contributed by atoms with E-state index in [2.05, 4.69) is 10.6 Å². The van der Waals surface area contributed by atoms with Gasteiger partial charge in [-0.05, 0) is 31.7 Å². The molecular formula is C13H24ClN3O2. The smallest absolute Gasteiger partial charge is 0.223 e. The highest BCUT2D eigenvalue weighted by Gasteiger charge is 2.30. The van der Waals surface area contributed by atoms with E-state index < -0.39 is 0 Å². The van der Waals surface area contributed by atoms with Crippen molar-refractivity contribution in [1.29, 1.82) is 0 Å². The Morgan fingerprint density at radius 1 is 1.32 bits per heavy atom. The Morgan fingerprint density at radius 2 is 2.05 bits per heavy atom. The van der Waals surface area contributed by atoms with Crippen molar-refractivity contribution in [2.24, 2.45) is 17.6 Å². The van der Waals surface area contributed by atoms with Crippen LogP contribution >= 0.6 is 12.4 Å². The first-order valence-electron chi connectivity index (χ1n) is 6.98. The van der Waals surface area contributed by atoms with Crippen LogP contribution in [-0.2, 0) is 9.59 Å². The molecule has 2 rings (SSSR count). The van der Waals surface area contributed by atoms with Crippen molar-refractivity contribution in [3.05, 3.63) is 0 Å². The summed E-state index contributed by atoms with van der Waals surface area (Å²) >= 11 is 0. The number of hydrogen-bond acceptors (Lipinski definition) is 3. The van der Waals surface area contributed by atoms with Gasteiger partial charge in [0.2, 0.25) is 11.8 Å². The molecule has 6 heteroatoms. The van der Waals surface area contributed by atoms with Crippen molar-refractivity contribution < 1.29 is 9.59 Å². The van der Waals surface area contributed by atoms with E-state index in [9.17, 15) is 9.59 Å². The fourth-order valence-corrected chi connectivity index (χ4v) is 2.99. The molecule has 1 aliphatic carbocycles. The van der Waals surface area contributed by atoms with Gasteiger partial charge in [-0.25, -0.2) is 0 Å². The summed E-state index contributed by atoms with van der Waals surface area (Å²) in [4.78, 5) is 23.4. The lowest BCUT2D eigenvalue weighted by Crippen LogP contribution is -2.49. The van der Waals surface area contributed by atoms with Crippen LogP contribution in [-0.4, -0.2) is 30.9 Å². The first kappa shape index (κ1) is 16.2. The van der Waals surface area contributed by atoms with Crippen LogP contribution in [0.1, 0.15) is 38.5 Å². The maximum Gasteiger partial charge on any atom is 0.223 e. The number of rotatable bonds is 3. The van der Waals surface area contributed by atoms with Gasteiger partial charge in [-0.2, -0.15) is 0 Å². The Hall–Kier alpha value is -0.810. The third-order valence-corrected chi connectivity index (χ3v) is 4.16. The molecule has 3 atom stereocenters. The SMILES string of the molecule is Cl.NCC1CCCCC1NC(=O)C1CCNC(=O)C1. The molecule has 0 bridgehead atoms. The van der Waals surface area contributed by atoms with Gasteiger partial charge in [-0.1, -0.05) is 12.8 Å². The maximum atomic E-state index is 12.1. The number of amides is 2. The molecule has 2 fully saturated rings. The second kappa shape index (κ2) is 7.70. The molecular weight excluding hydrogens is 266 g/mol. The van der Waals surface area contributed by atoms with E-state index in [0.29, 0.717) is 25.4 Å². The summed E-state index contributed by atoms with van der Waals surface area (Å²) in [5.74, 6) is 0.273. The van der Waals surface area contributed by atoms with E-state index in [1.165, 1.54) is 6.42 Å². The zero-order valence-electron chi connectivity index (χ0n) is 11.2. The lowest BCUT2D eigenvalue weighted by molar-refractivity contribution is -0.133. The van der Waals surface area contributed by atoms with Crippen molar-refractivity contribution in [2.75, 3.05) is 13.1 Å². The molecule has 1 saturated heterocycles. The zero-order chi connectivity index (χ0) is 13.0. The summed E-state index contributed by atoms with van der Waals surface area (Å²) in [7, 11) is 0. The number of carbonyl (C=O) groups excluding carboxylic acids is 2. The summed E-state index contributed by atoms with van der Waals surface area (Å²) in [6.45, 7) is 1.25. The molecule has 0 aromatic rings. The Kier molecular flexibility index (Phi) is 6.58. The summed E-state index contributed by atoms with van der Waals surface area (Å²) in [5, 5.41) is 5.86. The molecule has 3 unspecified atom stereocenters. The number of hydrogen-bond donors (Lipinski definition) is 3. The topological polar surface area (TPSA) is 84.2 Å². The summed E-state index contributed by atoms with van der Waals surface area (Å²) in [6.07, 6.45) is 5.56. The minimum absolute atomic E-state index is 0. The molecule has 1 aliphatic heterocycles. The van der Waals surface area contributed by atoms with E-state index >= 15 is 0 Å². The summed E-state index contributed by atoms with van der Waals surface area (Å²) in [5.41, 5.74) is 5.75. The molecule has 4 N–H and O–H groups in total. The highest BCUT2D eigenvalue weighted by Crippen LogP contribution is 2.24. The van der Waals surface area contributed by atoms with Crippen LogP contribution in [0, 0.1) is 11.8 Å². The van der Waals surface area contributed by atoms with Crippen LogP contribution in [0.25, 0.3) is 0 Å². The van der Waals surface area contributed by atoms with Gasteiger partial charge in [0, 0.05) is 24.9 Å². The molecule has 2 amide bonds. The first-order chi connectivity index (χ1) is 8.70. The quantitative estimate of drug-likeness (QED) is 0.710. The van der Waals surface area contributed by atoms with Crippen LogP contribution in [0.3, 0.4) is 0 Å². The Labute approximate surface area is 120 Å². The lowest BCUT2D eigenvalue weighted by atomic mass is 9.84. The van der Waals surface area contributed by atoms with E-state index in [4.69, 9.17) is 5.73 Å². The molecule has 0 aromatic carbocycles. The number of nitrogens with two attached hydrogens (primary N) is 1. The monoisotopic (exact) mass is 289 g/mol. The summed E-state index contributed by atoms with van der Waals surface area (Å²) in [6, 6.07) is 0.209. The Balaban J connectivity index is 0.00000180. The van der Waals surface area contributed by atoms with Crippen molar-refractivity contribution in [2.45, 2.75) is 44.6 Å². The Morgan fingerprint density at radius 3 is 2.74 bits per heavy atom. The second-order valence-corrected chi connectivity index (χ2v) is 5.43. The van der Waals surface area contributed by atoms with Gasteiger partial charge in [0.15, 0.2) is 0 Å². The molecule has 5 nitrogen and oxygen atoms in total. The van der Waals surface area contributed by atoms with Crippen LogP contribution in [0.15, 0.2) is 0 Å². The predicted molar refractivity (Wildman–Crippen MR) is 75.9 cm³/mol. The lowest BCUT2D eigenvalue weighted by Gasteiger charge is -2.33. The van der Waals surface area contributed by atoms with Crippen LogP contribution < -0.4 is 16.4 Å². The van der Waals surface area contributed by atoms with Crippen LogP contribution in [0.2, 0.25) is 0 Å². The largest absolute Gasteiger partial charge is 0.356 e.